The van der Waals surface area contributed by atoms with Crippen LogP contribution in [0.5, 0.6) is 5.75 Å². The zero-order valence-corrected chi connectivity index (χ0v) is 10.5. The molecular weight excluding hydrogens is 239 g/mol. The number of carbonyl (C=O) groups excluding carboxylic acids is 1. The molecule has 0 saturated heterocycles. The Kier molecular flexibility index (Phi) is 5.23. The Bertz CT molecular complexity index is 424. The van der Waals surface area contributed by atoms with E-state index in [0.29, 0.717) is 12.4 Å². The number of esters is 1. The number of rotatable bonds is 6. The SMILES string of the molecule is CCOC(=O)CCNc1cc(OC)c(N)cc1F. The third-order valence-electron chi connectivity index (χ3n) is 2.27. The van der Waals surface area contributed by atoms with E-state index in [1.165, 1.54) is 19.2 Å². The van der Waals surface area contributed by atoms with Crippen molar-refractivity contribution in [3.8, 4) is 5.75 Å². The number of nitrogen functional groups attached to an aromatic ring is 1. The maximum atomic E-state index is 13.5. The van der Waals surface area contributed by atoms with Gasteiger partial charge in [-0.15, -0.1) is 0 Å². The summed E-state index contributed by atoms with van der Waals surface area (Å²) in [5.74, 6) is -0.431. The molecule has 18 heavy (non-hydrogen) atoms. The molecule has 1 rings (SSSR count). The number of benzene rings is 1. The van der Waals surface area contributed by atoms with Gasteiger partial charge in [0.2, 0.25) is 0 Å². The zero-order valence-electron chi connectivity index (χ0n) is 10.5. The second kappa shape index (κ2) is 6.68. The highest BCUT2D eigenvalue weighted by atomic mass is 19.1. The number of nitrogens with one attached hydrogen (secondary N) is 1. The highest BCUT2D eigenvalue weighted by Crippen LogP contribution is 2.28. The molecule has 0 heterocycles. The normalized spacial score (nSPS) is 9.94. The Labute approximate surface area is 105 Å². The highest BCUT2D eigenvalue weighted by Gasteiger charge is 2.09. The molecule has 6 heteroatoms. The summed E-state index contributed by atoms with van der Waals surface area (Å²) in [4.78, 5) is 11.1. The van der Waals surface area contributed by atoms with Crippen LogP contribution in [0.4, 0.5) is 15.8 Å². The summed E-state index contributed by atoms with van der Waals surface area (Å²) in [6, 6.07) is 2.63. The van der Waals surface area contributed by atoms with Gasteiger partial charge >= 0.3 is 5.97 Å². The molecule has 0 fully saturated rings. The molecule has 5 nitrogen and oxygen atoms in total. The van der Waals surface area contributed by atoms with Gasteiger partial charge in [-0.2, -0.15) is 0 Å². The van der Waals surface area contributed by atoms with Gasteiger partial charge in [0.05, 0.1) is 31.5 Å². The predicted molar refractivity (Wildman–Crippen MR) is 67.1 cm³/mol. The van der Waals surface area contributed by atoms with Crippen LogP contribution in [0, 0.1) is 5.82 Å². The minimum atomic E-state index is -0.489. The van der Waals surface area contributed by atoms with Crippen LogP contribution in [0.15, 0.2) is 12.1 Å². The van der Waals surface area contributed by atoms with Crippen molar-refractivity contribution in [3.63, 3.8) is 0 Å². The van der Waals surface area contributed by atoms with Crippen molar-refractivity contribution in [2.24, 2.45) is 0 Å². The van der Waals surface area contributed by atoms with Crippen molar-refractivity contribution in [1.82, 2.24) is 0 Å². The van der Waals surface area contributed by atoms with Gasteiger partial charge in [-0.25, -0.2) is 4.39 Å². The second-order valence-electron chi connectivity index (χ2n) is 3.56. The monoisotopic (exact) mass is 256 g/mol. The molecule has 0 aliphatic carbocycles. The van der Waals surface area contributed by atoms with Gasteiger partial charge in [0.1, 0.15) is 11.6 Å². The van der Waals surface area contributed by atoms with Gasteiger partial charge in [-0.3, -0.25) is 4.79 Å². The number of anilines is 2. The van der Waals surface area contributed by atoms with Crippen molar-refractivity contribution in [2.45, 2.75) is 13.3 Å². The van der Waals surface area contributed by atoms with Crippen LogP contribution in [0.25, 0.3) is 0 Å². The molecule has 0 amide bonds. The Morgan fingerprint density at radius 1 is 1.50 bits per heavy atom. The minimum absolute atomic E-state index is 0.167. The first-order chi connectivity index (χ1) is 8.58. The van der Waals surface area contributed by atoms with Gasteiger partial charge < -0.3 is 20.5 Å². The number of hydrogen-bond acceptors (Lipinski definition) is 5. The van der Waals surface area contributed by atoms with Gasteiger partial charge in [-0.1, -0.05) is 0 Å². The molecule has 0 aliphatic heterocycles. The lowest BCUT2D eigenvalue weighted by molar-refractivity contribution is -0.142. The number of nitrogens with two attached hydrogens (primary N) is 1. The van der Waals surface area contributed by atoms with Crippen LogP contribution in [0.2, 0.25) is 0 Å². The van der Waals surface area contributed by atoms with Gasteiger partial charge in [0.15, 0.2) is 0 Å². The van der Waals surface area contributed by atoms with Crippen molar-refractivity contribution in [2.75, 3.05) is 31.3 Å². The van der Waals surface area contributed by atoms with E-state index < -0.39 is 5.82 Å². The van der Waals surface area contributed by atoms with E-state index in [2.05, 4.69) is 5.32 Å². The quantitative estimate of drug-likeness (QED) is 0.599. The van der Waals surface area contributed by atoms with Gasteiger partial charge in [0.25, 0.3) is 0 Å². The van der Waals surface area contributed by atoms with E-state index in [-0.39, 0.29) is 30.3 Å². The summed E-state index contributed by atoms with van der Waals surface area (Å²) >= 11 is 0. The summed E-state index contributed by atoms with van der Waals surface area (Å²) in [6.07, 6.45) is 0.167. The molecule has 0 atom stereocenters. The predicted octanol–water partition coefficient (Wildman–Crippen LogP) is 1.78. The number of methoxy groups -OCH3 is 1. The van der Waals surface area contributed by atoms with E-state index in [9.17, 15) is 9.18 Å². The maximum Gasteiger partial charge on any atom is 0.307 e. The fourth-order valence-electron chi connectivity index (χ4n) is 1.41. The number of ether oxygens (including phenoxy) is 2. The van der Waals surface area contributed by atoms with E-state index >= 15 is 0 Å². The van der Waals surface area contributed by atoms with Crippen molar-refractivity contribution < 1.29 is 18.7 Å². The summed E-state index contributed by atoms with van der Waals surface area (Å²) in [6.45, 7) is 2.35. The third-order valence-corrected chi connectivity index (χ3v) is 2.27. The summed E-state index contributed by atoms with van der Waals surface area (Å²) in [7, 11) is 1.45. The molecule has 0 unspecified atom stereocenters. The Balaban J connectivity index is 2.59. The Morgan fingerprint density at radius 3 is 2.83 bits per heavy atom. The first-order valence-corrected chi connectivity index (χ1v) is 5.61. The molecule has 1 aromatic carbocycles. The zero-order chi connectivity index (χ0) is 13.5. The van der Waals surface area contributed by atoms with Crippen LogP contribution in [-0.2, 0) is 9.53 Å². The highest BCUT2D eigenvalue weighted by molar-refractivity contribution is 5.70. The lowest BCUT2D eigenvalue weighted by Crippen LogP contribution is -2.12. The molecule has 0 radical (unpaired) electrons. The molecule has 3 N–H and O–H groups in total. The summed E-state index contributed by atoms with van der Waals surface area (Å²) < 4.78 is 23.3. The van der Waals surface area contributed by atoms with E-state index in [0.717, 1.165) is 0 Å². The van der Waals surface area contributed by atoms with E-state index in [4.69, 9.17) is 15.2 Å². The van der Waals surface area contributed by atoms with Crippen LogP contribution in [0.1, 0.15) is 13.3 Å². The van der Waals surface area contributed by atoms with Crippen LogP contribution >= 0.6 is 0 Å². The van der Waals surface area contributed by atoms with Crippen LogP contribution in [-0.4, -0.2) is 26.2 Å². The Morgan fingerprint density at radius 2 is 2.22 bits per heavy atom. The number of hydrogen-bond donors (Lipinski definition) is 2. The number of carbonyl (C=O) groups is 1. The van der Waals surface area contributed by atoms with Crippen molar-refractivity contribution in [3.05, 3.63) is 17.9 Å². The second-order valence-corrected chi connectivity index (χ2v) is 3.56. The molecule has 0 aromatic heterocycles. The fraction of sp³-hybridized carbons (Fsp3) is 0.417. The van der Waals surface area contributed by atoms with E-state index in [1.807, 2.05) is 0 Å². The maximum absolute atomic E-state index is 13.5. The average Bonchev–Trinajstić information content (AvgIpc) is 2.32. The number of halogens is 1. The lowest BCUT2D eigenvalue weighted by Gasteiger charge is -2.11. The molecule has 0 saturated carbocycles. The first kappa shape index (κ1) is 14.1. The fourth-order valence-corrected chi connectivity index (χ4v) is 1.41. The molecule has 100 valence electrons. The lowest BCUT2D eigenvalue weighted by atomic mass is 10.2. The summed E-state index contributed by atoms with van der Waals surface area (Å²) in [5.41, 5.74) is 6.02. The molecule has 0 aliphatic rings. The van der Waals surface area contributed by atoms with Crippen LogP contribution < -0.4 is 15.8 Å². The molecule has 0 bridgehead atoms. The van der Waals surface area contributed by atoms with Crippen molar-refractivity contribution in [1.29, 1.82) is 0 Å². The minimum Gasteiger partial charge on any atom is -0.495 e. The van der Waals surface area contributed by atoms with Gasteiger partial charge in [0, 0.05) is 18.7 Å². The topological polar surface area (TPSA) is 73.6 Å². The van der Waals surface area contributed by atoms with Crippen LogP contribution in [0.3, 0.4) is 0 Å². The molecule has 0 spiro atoms. The van der Waals surface area contributed by atoms with Gasteiger partial charge in [-0.05, 0) is 6.92 Å². The average molecular weight is 256 g/mol. The summed E-state index contributed by atoms with van der Waals surface area (Å²) in [5, 5.41) is 2.79. The largest absolute Gasteiger partial charge is 0.495 e. The first-order valence-electron chi connectivity index (χ1n) is 5.61. The standard InChI is InChI=1S/C12H17FN2O3/c1-3-18-12(16)4-5-15-10-7-11(17-2)9(14)6-8(10)13/h6-7,15H,3-5,14H2,1-2H3. The Hall–Kier alpha value is -1.98. The molecule has 1 aromatic rings. The van der Waals surface area contributed by atoms with E-state index in [1.54, 1.807) is 6.92 Å². The molecular formula is C12H17FN2O3. The smallest absolute Gasteiger partial charge is 0.307 e. The van der Waals surface area contributed by atoms with Crippen molar-refractivity contribution >= 4 is 17.3 Å². The third kappa shape index (κ3) is 3.80.